The number of nitrogens with zero attached hydrogens (tertiary/aromatic N) is 3. The minimum Gasteiger partial charge on any atom is -0.385 e. The molecule has 2 aliphatic heterocycles. The van der Waals surface area contributed by atoms with Crippen molar-refractivity contribution in [1.29, 1.82) is 0 Å². The molecule has 1 aromatic carbocycles. The first-order chi connectivity index (χ1) is 13.1. The molecule has 2 heterocycles. The quantitative estimate of drug-likeness (QED) is 0.805. The zero-order valence-electron chi connectivity index (χ0n) is 16.3. The average molecular weight is 364 g/mol. The van der Waals surface area contributed by atoms with Gasteiger partial charge in [-0.3, -0.25) is 4.99 Å². The fourth-order valence-corrected chi connectivity index (χ4v) is 3.23. The van der Waals surface area contributed by atoms with Crippen LogP contribution in [0.1, 0.15) is 17.5 Å². The normalized spacial score (nSPS) is 21.9. The number of hydrogen-bond acceptors (Lipinski definition) is 5. The van der Waals surface area contributed by atoms with E-state index in [1.54, 1.807) is 0 Å². The number of nitrogens with one attached hydrogen (secondary N) is 2. The number of likely N-dealkylation sites (N-methyl/N-ethyl adjacent to an activating group) is 1. The van der Waals surface area contributed by atoms with Gasteiger partial charge in [0.25, 0.3) is 0 Å². The first-order valence-electron chi connectivity index (χ1n) is 9.40. The van der Waals surface area contributed by atoms with Gasteiger partial charge in [0.15, 0.2) is 0 Å². The molecule has 142 valence electrons. The molecule has 5 heteroatoms. The highest BCUT2D eigenvalue weighted by Crippen LogP contribution is 2.24. The van der Waals surface area contributed by atoms with Gasteiger partial charge in [0.1, 0.15) is 11.7 Å². The molecule has 0 atom stereocenters. The van der Waals surface area contributed by atoms with Gasteiger partial charge in [-0.25, -0.2) is 0 Å². The molecule has 0 fully saturated rings. The van der Waals surface area contributed by atoms with E-state index in [0.717, 1.165) is 66.7 Å². The maximum Gasteiger partial charge on any atom is 0.127 e. The monoisotopic (exact) mass is 363 g/mol. The lowest BCUT2D eigenvalue weighted by Gasteiger charge is -2.27. The van der Waals surface area contributed by atoms with Gasteiger partial charge in [0, 0.05) is 37.6 Å². The SMILES string of the molecule is C=C/C1=C2/NC(=NCCN(C)CCCNC(=C)c3cccc1c3)C=CN2C. The molecular formula is C22H29N5. The first-order valence-corrected chi connectivity index (χ1v) is 9.40. The summed E-state index contributed by atoms with van der Waals surface area (Å²) in [5.41, 5.74) is 4.18. The Kier molecular flexibility index (Phi) is 6.14. The molecule has 0 spiro atoms. The Morgan fingerprint density at radius 1 is 1.19 bits per heavy atom. The van der Waals surface area contributed by atoms with Gasteiger partial charge in [0.05, 0.1) is 6.54 Å². The van der Waals surface area contributed by atoms with Gasteiger partial charge < -0.3 is 20.4 Å². The zero-order valence-corrected chi connectivity index (χ0v) is 16.3. The van der Waals surface area contributed by atoms with Crippen molar-refractivity contribution < 1.29 is 0 Å². The number of allylic oxidation sites excluding steroid dienone is 2. The van der Waals surface area contributed by atoms with Crippen molar-refractivity contribution in [2.75, 3.05) is 40.3 Å². The smallest absolute Gasteiger partial charge is 0.127 e. The largest absolute Gasteiger partial charge is 0.385 e. The van der Waals surface area contributed by atoms with Gasteiger partial charge in [-0.05, 0) is 43.3 Å². The van der Waals surface area contributed by atoms with Gasteiger partial charge in [-0.15, -0.1) is 0 Å². The molecule has 0 aromatic heterocycles. The Bertz CT molecular complexity index is 803. The van der Waals surface area contributed by atoms with Crippen molar-refractivity contribution in [3.05, 3.63) is 72.7 Å². The molecule has 0 unspecified atom stereocenters. The fraction of sp³-hybridized carbons (Fsp3) is 0.318. The van der Waals surface area contributed by atoms with E-state index in [9.17, 15) is 0 Å². The van der Waals surface area contributed by atoms with E-state index in [-0.39, 0.29) is 0 Å². The zero-order chi connectivity index (χ0) is 19.2. The number of aliphatic imine (C=N–C) groups is 1. The van der Waals surface area contributed by atoms with Crippen LogP contribution in [0.3, 0.4) is 0 Å². The Morgan fingerprint density at radius 2 is 2.00 bits per heavy atom. The molecule has 0 aliphatic carbocycles. The minimum atomic E-state index is 0.763. The lowest BCUT2D eigenvalue weighted by Crippen LogP contribution is -2.35. The maximum absolute atomic E-state index is 4.72. The Morgan fingerprint density at radius 3 is 2.81 bits per heavy atom. The van der Waals surface area contributed by atoms with E-state index in [2.05, 4.69) is 64.9 Å². The van der Waals surface area contributed by atoms with Gasteiger partial charge in [0.2, 0.25) is 0 Å². The molecule has 2 aliphatic rings. The van der Waals surface area contributed by atoms with Crippen molar-refractivity contribution in [2.45, 2.75) is 6.42 Å². The van der Waals surface area contributed by atoms with Crippen LogP contribution in [0.25, 0.3) is 11.3 Å². The highest BCUT2D eigenvalue weighted by atomic mass is 15.3. The second-order valence-electron chi connectivity index (χ2n) is 6.93. The van der Waals surface area contributed by atoms with Crippen molar-refractivity contribution in [2.24, 2.45) is 4.99 Å². The molecule has 2 N–H and O–H groups in total. The van der Waals surface area contributed by atoms with Crippen LogP contribution >= 0.6 is 0 Å². The molecule has 0 saturated heterocycles. The van der Waals surface area contributed by atoms with Crippen LogP contribution in [-0.4, -0.2) is 55.9 Å². The van der Waals surface area contributed by atoms with Crippen LogP contribution < -0.4 is 10.6 Å². The third-order valence-electron chi connectivity index (χ3n) is 4.86. The van der Waals surface area contributed by atoms with E-state index in [1.165, 1.54) is 0 Å². The number of hydrogen-bond donors (Lipinski definition) is 2. The first kappa shape index (κ1) is 19.0. The summed E-state index contributed by atoms with van der Waals surface area (Å²) in [6.07, 6.45) is 7.00. The predicted molar refractivity (Wildman–Crippen MR) is 115 cm³/mol. The Hall–Kier alpha value is -2.79. The fourth-order valence-electron chi connectivity index (χ4n) is 3.23. The molecule has 0 amide bonds. The van der Waals surface area contributed by atoms with E-state index in [1.807, 2.05) is 25.4 Å². The van der Waals surface area contributed by atoms with E-state index in [0.29, 0.717) is 0 Å². The van der Waals surface area contributed by atoms with Crippen LogP contribution in [0.5, 0.6) is 0 Å². The molecular weight excluding hydrogens is 334 g/mol. The summed E-state index contributed by atoms with van der Waals surface area (Å²) in [5.74, 6) is 1.85. The standard InChI is InChI=1S/C22H29N5/c1-5-20-19-9-6-8-18(16-19)17(2)23-11-7-13-26(3)15-12-24-21-10-14-27(4)22(20)25-21/h5-6,8-10,14,16,23H,1-2,7,11-13,15H2,3-4H3,(H,24,25)/b22-20+. The van der Waals surface area contributed by atoms with Crippen molar-refractivity contribution in [3.63, 3.8) is 0 Å². The molecule has 1 aromatic rings. The predicted octanol–water partition coefficient (Wildman–Crippen LogP) is 2.88. The van der Waals surface area contributed by atoms with Crippen LogP contribution in [-0.2, 0) is 0 Å². The molecule has 0 saturated carbocycles. The van der Waals surface area contributed by atoms with Crippen LogP contribution in [0.15, 0.2) is 66.6 Å². The Labute approximate surface area is 162 Å². The highest BCUT2D eigenvalue weighted by Gasteiger charge is 2.16. The average Bonchev–Trinajstić information content (AvgIpc) is 2.67. The lowest BCUT2D eigenvalue weighted by molar-refractivity contribution is 0.338. The summed E-state index contributed by atoms with van der Waals surface area (Å²) in [6, 6.07) is 8.40. The second-order valence-corrected chi connectivity index (χ2v) is 6.93. The van der Waals surface area contributed by atoms with Crippen LogP contribution in [0.2, 0.25) is 0 Å². The third kappa shape index (κ3) is 4.68. The molecule has 5 nitrogen and oxygen atoms in total. The molecule has 27 heavy (non-hydrogen) atoms. The van der Waals surface area contributed by atoms with Crippen LogP contribution in [0, 0.1) is 0 Å². The van der Waals surface area contributed by atoms with E-state index < -0.39 is 0 Å². The number of rotatable bonds is 1. The van der Waals surface area contributed by atoms with Gasteiger partial charge in [-0.1, -0.05) is 37.4 Å². The van der Waals surface area contributed by atoms with Gasteiger partial charge in [-0.2, -0.15) is 0 Å². The maximum atomic E-state index is 4.72. The number of amidine groups is 1. The molecule has 3 rings (SSSR count). The molecule has 4 bridgehead atoms. The summed E-state index contributed by atoms with van der Waals surface area (Å²) < 4.78 is 0. The summed E-state index contributed by atoms with van der Waals surface area (Å²) in [5, 5.41) is 6.91. The number of fused-ring (bicyclic) bond motifs is 4. The van der Waals surface area contributed by atoms with Crippen molar-refractivity contribution >= 4 is 17.1 Å². The summed E-state index contributed by atoms with van der Waals surface area (Å²) in [4.78, 5) is 9.09. The molecule has 0 radical (unpaired) electrons. The third-order valence-corrected chi connectivity index (χ3v) is 4.86. The van der Waals surface area contributed by atoms with Crippen molar-refractivity contribution in [1.82, 2.24) is 20.4 Å². The van der Waals surface area contributed by atoms with E-state index >= 15 is 0 Å². The Balaban J connectivity index is 2.03. The van der Waals surface area contributed by atoms with Gasteiger partial charge >= 0.3 is 0 Å². The second kappa shape index (κ2) is 8.73. The van der Waals surface area contributed by atoms with Crippen LogP contribution in [0.4, 0.5) is 0 Å². The highest BCUT2D eigenvalue weighted by molar-refractivity contribution is 5.97. The summed E-state index contributed by atoms with van der Waals surface area (Å²) >= 11 is 0. The topological polar surface area (TPSA) is 42.9 Å². The minimum absolute atomic E-state index is 0.763. The summed E-state index contributed by atoms with van der Waals surface area (Å²) in [6.45, 7) is 11.9. The number of benzene rings is 1. The van der Waals surface area contributed by atoms with Crippen molar-refractivity contribution in [3.8, 4) is 0 Å². The summed E-state index contributed by atoms with van der Waals surface area (Å²) in [7, 11) is 4.16. The lowest BCUT2D eigenvalue weighted by atomic mass is 10.0. The van der Waals surface area contributed by atoms with E-state index in [4.69, 9.17) is 4.99 Å².